The fourth-order valence-electron chi connectivity index (χ4n) is 6.51. The smallest absolute Gasteiger partial charge is 0.278 e. The third-order valence-corrected chi connectivity index (χ3v) is 9.64. The van der Waals surface area contributed by atoms with Gasteiger partial charge in [0.25, 0.3) is 5.91 Å². The average molecular weight is 596 g/mol. The molecule has 1 amide bonds. The molecule has 1 saturated heterocycles. The second-order valence-electron chi connectivity index (χ2n) is 10.7. The topological polar surface area (TPSA) is 75.0 Å². The summed E-state index contributed by atoms with van der Waals surface area (Å²) in [5.74, 6) is -3.11. The van der Waals surface area contributed by atoms with E-state index in [9.17, 15) is 14.7 Å². The lowest BCUT2D eigenvalue weighted by Gasteiger charge is -2.51. The first kappa shape index (κ1) is 25.9. The molecule has 2 atom stereocenters. The van der Waals surface area contributed by atoms with Gasteiger partial charge in [-0.3, -0.25) is 19.3 Å². The third-order valence-electron chi connectivity index (χ3n) is 8.42. The lowest BCUT2D eigenvalue weighted by atomic mass is 9.91. The lowest BCUT2D eigenvalue weighted by Crippen LogP contribution is -2.66. The van der Waals surface area contributed by atoms with Crippen molar-refractivity contribution in [3.8, 4) is 37.8 Å². The van der Waals surface area contributed by atoms with Crippen molar-refractivity contribution in [3.63, 3.8) is 0 Å². The molecule has 3 aromatic carbocycles. The van der Waals surface area contributed by atoms with Crippen LogP contribution in [0.4, 0.5) is 8.78 Å². The second-order valence-corrected chi connectivity index (χ2v) is 11.7. The predicted molar refractivity (Wildman–Crippen MR) is 159 cm³/mol. The van der Waals surface area contributed by atoms with Gasteiger partial charge in [-0.2, -0.15) is 0 Å². The number of morpholine rings is 1. The van der Waals surface area contributed by atoms with Gasteiger partial charge in [0, 0.05) is 39.7 Å². The van der Waals surface area contributed by atoms with Crippen molar-refractivity contribution in [2.75, 3.05) is 24.8 Å². The second kappa shape index (κ2) is 9.62. The van der Waals surface area contributed by atoms with Crippen molar-refractivity contribution in [1.29, 1.82) is 0 Å². The highest BCUT2D eigenvalue weighted by molar-refractivity contribution is 7.19. The molecule has 8 rings (SSSR count). The Morgan fingerprint density at radius 2 is 1.70 bits per heavy atom. The van der Waals surface area contributed by atoms with Crippen LogP contribution in [0.1, 0.15) is 27.7 Å². The van der Waals surface area contributed by atoms with Crippen LogP contribution in [0, 0.1) is 11.6 Å². The van der Waals surface area contributed by atoms with E-state index in [1.807, 2.05) is 65.7 Å². The van der Waals surface area contributed by atoms with Gasteiger partial charge in [0.15, 0.2) is 23.1 Å². The maximum atomic E-state index is 16.2. The Hall–Kier alpha value is -4.80. The quantitative estimate of drug-likeness (QED) is 0.282. The summed E-state index contributed by atoms with van der Waals surface area (Å²) in [6, 6.07) is 22.5. The SMILES string of the molecule is O=C1c2c(O)c(=O)ccn2N([C@@H]2c3ccccc3-c3sc(-c4ccccc4)cc3-c3c2ccc(F)c3F)[C@@H]2COCCN12. The minimum Gasteiger partial charge on any atom is -0.502 e. The number of aromatic hydroxyl groups is 1. The van der Waals surface area contributed by atoms with E-state index in [-0.39, 0.29) is 31.0 Å². The fourth-order valence-corrected chi connectivity index (χ4v) is 7.73. The zero-order valence-corrected chi connectivity index (χ0v) is 23.4. The Kier molecular flexibility index (Phi) is 5.79. The summed E-state index contributed by atoms with van der Waals surface area (Å²) in [7, 11) is 0. The van der Waals surface area contributed by atoms with E-state index in [0.29, 0.717) is 11.1 Å². The van der Waals surface area contributed by atoms with Crippen LogP contribution in [0.2, 0.25) is 0 Å². The van der Waals surface area contributed by atoms with Gasteiger partial charge >= 0.3 is 0 Å². The summed E-state index contributed by atoms with van der Waals surface area (Å²) in [5.41, 5.74) is 2.89. The maximum Gasteiger partial charge on any atom is 0.278 e. The Balaban J connectivity index is 1.45. The van der Waals surface area contributed by atoms with Crippen LogP contribution in [-0.4, -0.2) is 46.5 Å². The zero-order chi connectivity index (χ0) is 29.4. The van der Waals surface area contributed by atoms with E-state index in [0.717, 1.165) is 32.5 Å². The average Bonchev–Trinajstić information content (AvgIpc) is 3.43. The van der Waals surface area contributed by atoms with Crippen LogP contribution in [0.25, 0.3) is 32.0 Å². The molecule has 1 N–H and O–H groups in total. The third kappa shape index (κ3) is 3.73. The monoisotopic (exact) mass is 595 g/mol. The minimum atomic E-state index is -0.972. The Morgan fingerprint density at radius 1 is 0.907 bits per heavy atom. The van der Waals surface area contributed by atoms with Gasteiger partial charge in [-0.15, -0.1) is 11.3 Å². The number of ether oxygens (including phenoxy) is 1. The number of carbonyl (C=O) groups excluding carboxylic acids is 1. The van der Waals surface area contributed by atoms with Crippen molar-refractivity contribution >= 4 is 17.2 Å². The highest BCUT2D eigenvalue weighted by Gasteiger charge is 2.46. The van der Waals surface area contributed by atoms with Crippen molar-refractivity contribution in [2.24, 2.45) is 0 Å². The molecule has 214 valence electrons. The highest BCUT2D eigenvalue weighted by Crippen LogP contribution is 2.53. The number of aromatic nitrogens is 1. The van der Waals surface area contributed by atoms with E-state index in [4.69, 9.17) is 4.74 Å². The largest absolute Gasteiger partial charge is 0.502 e. The van der Waals surface area contributed by atoms with E-state index in [1.165, 1.54) is 28.3 Å². The van der Waals surface area contributed by atoms with E-state index in [2.05, 4.69) is 0 Å². The molecule has 0 unspecified atom stereocenters. The number of rotatable bonds is 2. The first-order chi connectivity index (χ1) is 20.9. The Labute approximate surface area is 248 Å². The van der Waals surface area contributed by atoms with Crippen LogP contribution in [0.5, 0.6) is 5.75 Å². The number of hydrogen-bond acceptors (Lipinski definition) is 6. The summed E-state index contributed by atoms with van der Waals surface area (Å²) in [4.78, 5) is 29.4. The first-order valence-corrected chi connectivity index (χ1v) is 14.6. The van der Waals surface area contributed by atoms with Crippen molar-refractivity contribution in [3.05, 3.63) is 124 Å². The summed E-state index contributed by atoms with van der Waals surface area (Å²) in [5, 5.41) is 12.7. The van der Waals surface area contributed by atoms with E-state index >= 15 is 8.78 Å². The molecule has 2 aromatic heterocycles. The molecule has 1 fully saturated rings. The van der Waals surface area contributed by atoms with Crippen LogP contribution < -0.4 is 10.4 Å². The summed E-state index contributed by atoms with van der Waals surface area (Å²) in [6.07, 6.45) is 0.781. The first-order valence-electron chi connectivity index (χ1n) is 13.8. The molecule has 3 aliphatic rings. The number of hydrogen-bond donors (Lipinski definition) is 1. The van der Waals surface area contributed by atoms with Crippen LogP contribution >= 0.6 is 11.3 Å². The molecule has 5 aromatic rings. The molecule has 43 heavy (non-hydrogen) atoms. The number of fused-ring (bicyclic) bond motifs is 7. The van der Waals surface area contributed by atoms with E-state index < -0.39 is 40.9 Å². The van der Waals surface area contributed by atoms with Crippen molar-refractivity contribution < 1.29 is 23.4 Å². The van der Waals surface area contributed by atoms with Gasteiger partial charge in [0.1, 0.15) is 6.17 Å². The number of amides is 1. The Bertz CT molecular complexity index is 2010. The van der Waals surface area contributed by atoms with Crippen molar-refractivity contribution in [2.45, 2.75) is 12.2 Å². The number of pyridine rings is 1. The number of thiophene rings is 1. The molecule has 2 aliphatic heterocycles. The standard InChI is InChI=1S/C33H23F2N3O4S/c34-23-11-10-21-27(28(23)35)22-16-25(18-6-2-1-3-7-18)43-32(22)20-9-5-4-8-19(20)29(21)38-26-17-42-15-14-36(26)33(41)30-31(40)24(39)12-13-37(30)38/h1-13,16,26,29,40H,14-15,17H2/t26-,29-/m1/s1. The normalized spacial score (nSPS) is 18.7. The number of halogens is 2. The minimum absolute atomic E-state index is 0.127. The molecule has 0 saturated carbocycles. The number of benzene rings is 3. The highest BCUT2D eigenvalue weighted by atomic mass is 32.1. The summed E-state index contributed by atoms with van der Waals surface area (Å²) >= 11 is 1.50. The predicted octanol–water partition coefficient (Wildman–Crippen LogP) is 5.75. The van der Waals surface area contributed by atoms with Gasteiger partial charge in [-0.05, 0) is 34.4 Å². The van der Waals surface area contributed by atoms with Crippen LogP contribution in [0.3, 0.4) is 0 Å². The molecule has 1 aliphatic carbocycles. The van der Waals surface area contributed by atoms with Gasteiger partial charge < -0.3 is 14.7 Å². The molecule has 10 heteroatoms. The van der Waals surface area contributed by atoms with Gasteiger partial charge in [0.05, 0.1) is 19.3 Å². The summed E-state index contributed by atoms with van der Waals surface area (Å²) in [6.45, 7) is 0.649. The fraction of sp³-hybridized carbons (Fsp3) is 0.152. The molecular formula is C33H23F2N3O4S. The number of nitrogens with zero attached hydrogens (tertiary/aromatic N) is 3. The van der Waals surface area contributed by atoms with Gasteiger partial charge in [0.2, 0.25) is 5.43 Å². The molecule has 0 spiro atoms. The van der Waals surface area contributed by atoms with Crippen LogP contribution in [-0.2, 0) is 4.74 Å². The lowest BCUT2D eigenvalue weighted by molar-refractivity contribution is -0.0196. The molecule has 7 nitrogen and oxygen atoms in total. The molecule has 4 heterocycles. The van der Waals surface area contributed by atoms with Gasteiger partial charge in [-0.1, -0.05) is 60.7 Å². The maximum absolute atomic E-state index is 16.2. The molecular weight excluding hydrogens is 572 g/mol. The summed E-state index contributed by atoms with van der Waals surface area (Å²) < 4.78 is 38.5. The number of carbonyl (C=O) groups is 1. The molecule has 0 radical (unpaired) electrons. The van der Waals surface area contributed by atoms with Crippen LogP contribution in [0.15, 0.2) is 89.9 Å². The van der Waals surface area contributed by atoms with Gasteiger partial charge in [-0.25, -0.2) is 8.78 Å². The van der Waals surface area contributed by atoms with E-state index in [1.54, 1.807) is 11.0 Å². The molecule has 0 bridgehead atoms. The zero-order valence-electron chi connectivity index (χ0n) is 22.5. The van der Waals surface area contributed by atoms with Crippen molar-refractivity contribution in [1.82, 2.24) is 9.58 Å². The Morgan fingerprint density at radius 3 is 2.53 bits per heavy atom.